The normalized spacial score (nSPS) is 20.4. The third kappa shape index (κ3) is 4.78. The first kappa shape index (κ1) is 25.2. The molecule has 0 saturated heterocycles. The summed E-state index contributed by atoms with van der Waals surface area (Å²) in [6.45, 7) is 4.39. The van der Waals surface area contributed by atoms with Crippen LogP contribution >= 0.6 is 11.6 Å². The van der Waals surface area contributed by atoms with Gasteiger partial charge < -0.3 is 15.0 Å². The zero-order valence-electron chi connectivity index (χ0n) is 21.3. The SMILES string of the molecule is COCC(C)(C(=O)NCC1(F)CCC1)c1ccc2[nH]c(CC(c3ccccc3Cl)C3(C)CC3)nc2c1. The van der Waals surface area contributed by atoms with E-state index in [0.29, 0.717) is 12.8 Å². The number of rotatable bonds is 10. The lowest BCUT2D eigenvalue weighted by molar-refractivity contribution is -0.129. The number of benzene rings is 2. The highest BCUT2D eigenvalue weighted by Gasteiger charge is 2.46. The van der Waals surface area contributed by atoms with Gasteiger partial charge in [0, 0.05) is 18.6 Å². The van der Waals surface area contributed by atoms with Crippen LogP contribution in [0.1, 0.15) is 68.8 Å². The molecule has 0 aliphatic heterocycles. The minimum Gasteiger partial charge on any atom is -0.383 e. The van der Waals surface area contributed by atoms with Crippen LogP contribution in [-0.4, -0.2) is 41.8 Å². The Labute approximate surface area is 217 Å². The van der Waals surface area contributed by atoms with E-state index in [1.165, 1.54) is 18.4 Å². The van der Waals surface area contributed by atoms with Crippen molar-refractivity contribution in [3.8, 4) is 0 Å². The lowest BCUT2D eigenvalue weighted by Gasteiger charge is -2.35. The van der Waals surface area contributed by atoms with Crippen LogP contribution in [0.25, 0.3) is 11.0 Å². The van der Waals surface area contributed by atoms with E-state index in [1.807, 2.05) is 43.3 Å². The number of H-pyrrole nitrogens is 1. The lowest BCUT2D eigenvalue weighted by atomic mass is 9.80. The second-order valence-corrected chi connectivity index (χ2v) is 11.7. The molecule has 1 aromatic heterocycles. The average molecular weight is 512 g/mol. The van der Waals surface area contributed by atoms with E-state index >= 15 is 0 Å². The molecule has 5 nitrogen and oxygen atoms in total. The van der Waals surface area contributed by atoms with Crippen molar-refractivity contribution in [1.82, 2.24) is 15.3 Å². The number of aromatic amines is 1. The first-order valence-electron chi connectivity index (χ1n) is 12.9. The van der Waals surface area contributed by atoms with Gasteiger partial charge in [0.15, 0.2) is 0 Å². The van der Waals surface area contributed by atoms with Crippen LogP contribution in [0.4, 0.5) is 4.39 Å². The maximum absolute atomic E-state index is 14.5. The highest BCUT2D eigenvalue weighted by molar-refractivity contribution is 6.31. The number of hydrogen-bond acceptors (Lipinski definition) is 3. The molecule has 192 valence electrons. The molecule has 2 fully saturated rings. The third-order valence-corrected chi connectivity index (χ3v) is 8.82. The molecule has 2 saturated carbocycles. The number of amides is 1. The third-order valence-electron chi connectivity index (χ3n) is 8.48. The molecular weight excluding hydrogens is 477 g/mol. The molecule has 5 rings (SSSR count). The number of nitrogens with zero attached hydrogens (tertiary/aromatic N) is 1. The molecule has 2 aliphatic carbocycles. The Hall–Kier alpha value is -2.44. The monoisotopic (exact) mass is 511 g/mol. The topological polar surface area (TPSA) is 67.0 Å². The van der Waals surface area contributed by atoms with Crippen LogP contribution in [0.2, 0.25) is 5.02 Å². The molecule has 2 aliphatic rings. The van der Waals surface area contributed by atoms with Crippen molar-refractivity contribution in [3.05, 3.63) is 64.4 Å². The Morgan fingerprint density at radius 1 is 1.25 bits per heavy atom. The Bertz CT molecular complexity index is 1270. The maximum atomic E-state index is 14.5. The van der Waals surface area contributed by atoms with Gasteiger partial charge >= 0.3 is 0 Å². The summed E-state index contributed by atoms with van der Waals surface area (Å²) in [6, 6.07) is 13.9. The van der Waals surface area contributed by atoms with Gasteiger partial charge in [-0.3, -0.25) is 4.79 Å². The number of halogens is 2. The summed E-state index contributed by atoms with van der Waals surface area (Å²) in [5.74, 6) is 0.946. The molecule has 0 spiro atoms. The number of ether oxygens (including phenoxy) is 1. The molecule has 1 amide bonds. The van der Waals surface area contributed by atoms with Crippen molar-refractivity contribution >= 4 is 28.5 Å². The van der Waals surface area contributed by atoms with Crippen molar-refractivity contribution in [2.75, 3.05) is 20.3 Å². The summed E-state index contributed by atoms with van der Waals surface area (Å²) in [6.07, 6.45) is 5.00. The summed E-state index contributed by atoms with van der Waals surface area (Å²) < 4.78 is 20.0. The van der Waals surface area contributed by atoms with Crippen LogP contribution in [0.15, 0.2) is 42.5 Å². The minimum atomic E-state index is -1.28. The number of fused-ring (bicyclic) bond motifs is 1. The van der Waals surface area contributed by atoms with Gasteiger partial charge in [-0.1, -0.05) is 42.8 Å². The molecule has 1 heterocycles. The second kappa shape index (κ2) is 9.46. The fourth-order valence-corrected chi connectivity index (χ4v) is 5.73. The van der Waals surface area contributed by atoms with Gasteiger partial charge in [0.25, 0.3) is 0 Å². The zero-order valence-corrected chi connectivity index (χ0v) is 22.1. The molecule has 36 heavy (non-hydrogen) atoms. The molecular formula is C29H35ClFN3O2. The van der Waals surface area contributed by atoms with E-state index in [-0.39, 0.29) is 30.4 Å². The number of imidazole rings is 1. The molecule has 2 unspecified atom stereocenters. The Morgan fingerprint density at radius 2 is 2.00 bits per heavy atom. The quantitative estimate of drug-likeness (QED) is 0.338. The number of carbonyl (C=O) groups is 1. The molecule has 0 radical (unpaired) electrons. The van der Waals surface area contributed by atoms with Gasteiger partial charge in [-0.15, -0.1) is 0 Å². The van der Waals surface area contributed by atoms with Gasteiger partial charge in [-0.2, -0.15) is 0 Å². The number of aromatic nitrogens is 2. The lowest BCUT2D eigenvalue weighted by Crippen LogP contribution is -2.51. The van der Waals surface area contributed by atoms with Gasteiger partial charge in [0.2, 0.25) is 5.91 Å². The van der Waals surface area contributed by atoms with E-state index in [1.54, 1.807) is 7.11 Å². The standard InChI is InChI=1S/C29H35ClFN3O2/c1-27(13-14-27)21(20-7-4-5-8-22(20)30)16-25-33-23-10-9-19(15-24(23)34-25)28(2,18-36-3)26(35)32-17-29(31)11-6-12-29/h4-5,7-10,15,21H,6,11-14,16-18H2,1-3H3,(H,32,35)(H,33,34). The number of carbonyl (C=O) groups excluding carboxylic acids is 1. The summed E-state index contributed by atoms with van der Waals surface area (Å²) >= 11 is 6.59. The van der Waals surface area contributed by atoms with E-state index in [9.17, 15) is 9.18 Å². The fraction of sp³-hybridized carbons (Fsp3) is 0.517. The summed E-state index contributed by atoms with van der Waals surface area (Å²) in [7, 11) is 1.58. The number of hydrogen-bond donors (Lipinski definition) is 2. The molecule has 7 heteroatoms. The van der Waals surface area contributed by atoms with E-state index in [0.717, 1.165) is 40.3 Å². The van der Waals surface area contributed by atoms with Crippen LogP contribution in [0.5, 0.6) is 0 Å². The first-order chi connectivity index (χ1) is 17.2. The van der Waals surface area contributed by atoms with E-state index in [4.69, 9.17) is 21.3 Å². The Morgan fingerprint density at radius 3 is 2.64 bits per heavy atom. The zero-order chi connectivity index (χ0) is 25.6. The number of methoxy groups -OCH3 is 1. The molecule has 2 N–H and O–H groups in total. The predicted octanol–water partition coefficient (Wildman–Crippen LogP) is 6.26. The summed E-state index contributed by atoms with van der Waals surface area (Å²) in [4.78, 5) is 21.6. The highest BCUT2D eigenvalue weighted by Crippen LogP contribution is 2.57. The largest absolute Gasteiger partial charge is 0.383 e. The second-order valence-electron chi connectivity index (χ2n) is 11.3. The number of alkyl halides is 1. The van der Waals surface area contributed by atoms with Crippen molar-refractivity contribution in [2.45, 2.75) is 69.4 Å². The van der Waals surface area contributed by atoms with Gasteiger partial charge in [0.1, 0.15) is 11.5 Å². The van der Waals surface area contributed by atoms with Crippen molar-refractivity contribution in [1.29, 1.82) is 0 Å². The van der Waals surface area contributed by atoms with E-state index < -0.39 is 11.1 Å². The fourth-order valence-electron chi connectivity index (χ4n) is 5.47. The number of nitrogens with one attached hydrogen (secondary N) is 2. The minimum absolute atomic E-state index is 0.0438. The van der Waals surface area contributed by atoms with Gasteiger partial charge in [-0.25, -0.2) is 9.37 Å². The Kier molecular flexibility index (Phi) is 6.63. The molecule has 2 aromatic carbocycles. The first-order valence-corrected chi connectivity index (χ1v) is 13.2. The molecule has 3 aromatic rings. The highest BCUT2D eigenvalue weighted by atomic mass is 35.5. The van der Waals surface area contributed by atoms with Crippen LogP contribution in [0, 0.1) is 5.41 Å². The molecule has 0 bridgehead atoms. The smallest absolute Gasteiger partial charge is 0.232 e. The van der Waals surface area contributed by atoms with Crippen LogP contribution in [0.3, 0.4) is 0 Å². The average Bonchev–Trinajstić information content (AvgIpc) is 3.45. The van der Waals surface area contributed by atoms with Gasteiger partial charge in [-0.05, 0) is 79.7 Å². The van der Waals surface area contributed by atoms with Crippen LogP contribution < -0.4 is 5.32 Å². The van der Waals surface area contributed by atoms with E-state index in [2.05, 4.69) is 23.3 Å². The predicted molar refractivity (Wildman–Crippen MR) is 141 cm³/mol. The van der Waals surface area contributed by atoms with Crippen molar-refractivity contribution < 1.29 is 13.9 Å². The van der Waals surface area contributed by atoms with Crippen LogP contribution in [-0.2, 0) is 21.4 Å². The Balaban J connectivity index is 1.40. The summed E-state index contributed by atoms with van der Waals surface area (Å²) in [5, 5.41) is 3.64. The van der Waals surface area contributed by atoms with Crippen molar-refractivity contribution in [2.24, 2.45) is 5.41 Å². The van der Waals surface area contributed by atoms with Gasteiger partial charge in [0.05, 0.1) is 29.6 Å². The maximum Gasteiger partial charge on any atom is 0.232 e. The molecule has 2 atom stereocenters. The van der Waals surface area contributed by atoms with Crippen molar-refractivity contribution in [3.63, 3.8) is 0 Å². The summed E-state index contributed by atoms with van der Waals surface area (Å²) in [5.41, 5.74) is 1.68.